The van der Waals surface area contributed by atoms with Crippen molar-refractivity contribution in [2.24, 2.45) is 10.9 Å². The van der Waals surface area contributed by atoms with Crippen molar-refractivity contribution in [1.29, 1.82) is 0 Å². The van der Waals surface area contributed by atoms with Crippen molar-refractivity contribution in [3.05, 3.63) is 0 Å². The van der Waals surface area contributed by atoms with Crippen molar-refractivity contribution in [2.45, 2.75) is 58.9 Å². The van der Waals surface area contributed by atoms with E-state index in [-0.39, 0.29) is 36.4 Å². The topological polar surface area (TPSA) is 65.5 Å². The maximum atomic E-state index is 11.6. The summed E-state index contributed by atoms with van der Waals surface area (Å²) < 4.78 is 0. The maximum absolute atomic E-state index is 11.6. The highest BCUT2D eigenvalue weighted by atomic mass is 127. The van der Waals surface area contributed by atoms with E-state index in [1.165, 1.54) is 25.7 Å². The monoisotopic (exact) mass is 410 g/mol. The van der Waals surface area contributed by atoms with Crippen LogP contribution in [0.25, 0.3) is 0 Å². The summed E-state index contributed by atoms with van der Waals surface area (Å²) in [5.41, 5.74) is 0. The van der Waals surface area contributed by atoms with Gasteiger partial charge in [0.05, 0.1) is 0 Å². The molecule has 0 aromatic heterocycles. The van der Waals surface area contributed by atoms with Crippen molar-refractivity contribution in [3.8, 4) is 0 Å². The third kappa shape index (κ3) is 9.16. The van der Waals surface area contributed by atoms with E-state index < -0.39 is 0 Å². The van der Waals surface area contributed by atoms with Crippen molar-refractivity contribution in [1.82, 2.24) is 16.0 Å². The average Bonchev–Trinajstić information content (AvgIpc) is 2.45. The number of nitrogens with zero attached hydrogens (tertiary/aromatic N) is 1. The summed E-state index contributed by atoms with van der Waals surface area (Å²) >= 11 is 0. The van der Waals surface area contributed by atoms with Gasteiger partial charge >= 0.3 is 0 Å². The summed E-state index contributed by atoms with van der Waals surface area (Å²) in [5, 5.41) is 9.50. The Kier molecular flexibility index (Phi) is 11.8. The van der Waals surface area contributed by atoms with E-state index in [0.717, 1.165) is 31.4 Å². The smallest absolute Gasteiger partial charge is 0.241 e. The highest BCUT2D eigenvalue weighted by molar-refractivity contribution is 14.0. The van der Waals surface area contributed by atoms with Crippen LogP contribution < -0.4 is 16.0 Å². The Hall–Kier alpha value is -0.530. The SMILES string of the molecule is CCCNC(=O)CN=C(NCC)NC1CCC(C)CC1.I. The largest absolute Gasteiger partial charge is 0.357 e. The third-order valence-electron chi connectivity index (χ3n) is 3.65. The van der Waals surface area contributed by atoms with Gasteiger partial charge < -0.3 is 16.0 Å². The lowest BCUT2D eigenvalue weighted by atomic mass is 9.87. The average molecular weight is 410 g/mol. The number of rotatable bonds is 6. The highest BCUT2D eigenvalue weighted by Gasteiger charge is 2.18. The van der Waals surface area contributed by atoms with Gasteiger partial charge in [0.15, 0.2) is 5.96 Å². The molecule has 0 spiro atoms. The summed E-state index contributed by atoms with van der Waals surface area (Å²) in [6.07, 6.45) is 5.87. The molecule has 0 atom stereocenters. The summed E-state index contributed by atoms with van der Waals surface area (Å²) in [6.45, 7) is 8.12. The standard InChI is InChI=1S/C15H30N4O.HI/c1-4-10-17-14(20)11-18-15(16-5-2)19-13-8-6-12(3)7-9-13;/h12-13H,4-11H2,1-3H3,(H,17,20)(H2,16,18,19);1H. The zero-order valence-electron chi connectivity index (χ0n) is 13.6. The molecule has 1 amide bonds. The first-order chi connectivity index (χ1) is 9.65. The molecular formula is C15H31IN4O. The third-order valence-corrected chi connectivity index (χ3v) is 3.65. The number of nitrogens with one attached hydrogen (secondary N) is 3. The number of amides is 1. The molecule has 1 aliphatic rings. The summed E-state index contributed by atoms with van der Waals surface area (Å²) in [7, 11) is 0. The van der Waals surface area contributed by atoms with E-state index >= 15 is 0 Å². The van der Waals surface area contributed by atoms with Gasteiger partial charge in [-0.1, -0.05) is 13.8 Å². The molecule has 0 aliphatic heterocycles. The molecule has 0 unspecified atom stereocenters. The van der Waals surface area contributed by atoms with Crippen LogP contribution in [0.1, 0.15) is 52.9 Å². The van der Waals surface area contributed by atoms with Crippen molar-refractivity contribution < 1.29 is 4.79 Å². The van der Waals surface area contributed by atoms with E-state index in [9.17, 15) is 4.79 Å². The molecular weight excluding hydrogens is 379 g/mol. The molecule has 5 nitrogen and oxygen atoms in total. The molecule has 6 heteroatoms. The van der Waals surface area contributed by atoms with Gasteiger partial charge in [-0.2, -0.15) is 0 Å². The number of carbonyl (C=O) groups is 1. The lowest BCUT2D eigenvalue weighted by Gasteiger charge is -2.28. The minimum Gasteiger partial charge on any atom is -0.357 e. The quantitative estimate of drug-likeness (QED) is 0.358. The zero-order valence-corrected chi connectivity index (χ0v) is 15.9. The second-order valence-electron chi connectivity index (χ2n) is 5.65. The van der Waals surface area contributed by atoms with Gasteiger partial charge in [-0.15, -0.1) is 24.0 Å². The zero-order chi connectivity index (χ0) is 14.8. The first kappa shape index (κ1) is 20.5. The van der Waals surface area contributed by atoms with Crippen LogP contribution in [0.3, 0.4) is 0 Å². The summed E-state index contributed by atoms with van der Waals surface area (Å²) in [6, 6.07) is 0.489. The lowest BCUT2D eigenvalue weighted by Crippen LogP contribution is -2.45. The van der Waals surface area contributed by atoms with E-state index in [2.05, 4.69) is 27.9 Å². The molecule has 3 N–H and O–H groups in total. The Balaban J connectivity index is 0.00000400. The van der Waals surface area contributed by atoms with Crippen LogP contribution in [-0.4, -0.2) is 37.5 Å². The molecule has 0 radical (unpaired) electrons. The van der Waals surface area contributed by atoms with Crippen molar-refractivity contribution in [3.63, 3.8) is 0 Å². The molecule has 0 aromatic carbocycles. The Morgan fingerprint density at radius 3 is 2.38 bits per heavy atom. The van der Waals surface area contributed by atoms with E-state index in [1.807, 2.05) is 13.8 Å². The molecule has 1 fully saturated rings. The van der Waals surface area contributed by atoms with E-state index in [1.54, 1.807) is 0 Å². The van der Waals surface area contributed by atoms with Crippen molar-refractivity contribution in [2.75, 3.05) is 19.6 Å². The first-order valence-corrected chi connectivity index (χ1v) is 7.97. The van der Waals surface area contributed by atoms with Crippen LogP contribution in [0.2, 0.25) is 0 Å². The molecule has 0 aromatic rings. The van der Waals surface area contributed by atoms with Crippen LogP contribution in [-0.2, 0) is 4.79 Å². The maximum Gasteiger partial charge on any atom is 0.241 e. The number of aliphatic imine (C=N–C) groups is 1. The van der Waals surface area contributed by atoms with Crippen molar-refractivity contribution >= 4 is 35.8 Å². The summed E-state index contributed by atoms with van der Waals surface area (Å²) in [5.74, 6) is 1.59. The normalized spacial score (nSPS) is 22.1. The molecule has 1 saturated carbocycles. The summed E-state index contributed by atoms with van der Waals surface area (Å²) in [4.78, 5) is 15.9. The number of hydrogen-bond acceptors (Lipinski definition) is 2. The van der Waals surface area contributed by atoms with E-state index in [0.29, 0.717) is 6.04 Å². The fourth-order valence-electron chi connectivity index (χ4n) is 2.39. The molecule has 0 saturated heterocycles. The molecule has 124 valence electrons. The predicted octanol–water partition coefficient (Wildman–Crippen LogP) is 2.26. The highest BCUT2D eigenvalue weighted by Crippen LogP contribution is 2.23. The van der Waals surface area contributed by atoms with Gasteiger partial charge in [0.25, 0.3) is 0 Å². The first-order valence-electron chi connectivity index (χ1n) is 7.97. The van der Waals surface area contributed by atoms with Gasteiger partial charge in [-0.05, 0) is 44.9 Å². The second-order valence-corrected chi connectivity index (χ2v) is 5.65. The lowest BCUT2D eigenvalue weighted by molar-refractivity contribution is -0.119. The Bertz CT molecular complexity index is 315. The molecule has 0 bridgehead atoms. The number of guanidine groups is 1. The minimum atomic E-state index is -0.0127. The molecule has 1 rings (SSSR count). The Morgan fingerprint density at radius 2 is 1.81 bits per heavy atom. The van der Waals surface area contributed by atoms with Gasteiger partial charge in [0, 0.05) is 19.1 Å². The van der Waals surface area contributed by atoms with Crippen LogP contribution >= 0.6 is 24.0 Å². The number of hydrogen-bond donors (Lipinski definition) is 3. The minimum absolute atomic E-state index is 0. The molecule has 1 aliphatic carbocycles. The molecule has 21 heavy (non-hydrogen) atoms. The number of halogens is 1. The van der Waals surface area contributed by atoms with Gasteiger partial charge in [-0.25, -0.2) is 4.99 Å². The van der Waals surface area contributed by atoms with Crippen LogP contribution in [0.15, 0.2) is 4.99 Å². The fraction of sp³-hybridized carbons (Fsp3) is 0.867. The second kappa shape index (κ2) is 12.1. The van der Waals surface area contributed by atoms with Gasteiger partial charge in [0.2, 0.25) is 5.91 Å². The fourth-order valence-corrected chi connectivity index (χ4v) is 2.39. The Labute approximate surface area is 146 Å². The number of carbonyl (C=O) groups excluding carboxylic acids is 1. The van der Waals surface area contributed by atoms with Gasteiger partial charge in [-0.3, -0.25) is 4.79 Å². The predicted molar refractivity (Wildman–Crippen MR) is 99.3 cm³/mol. The molecule has 0 heterocycles. The van der Waals surface area contributed by atoms with Crippen LogP contribution in [0, 0.1) is 5.92 Å². The van der Waals surface area contributed by atoms with Gasteiger partial charge in [0.1, 0.15) is 6.54 Å². The Morgan fingerprint density at radius 1 is 1.14 bits per heavy atom. The van der Waals surface area contributed by atoms with E-state index in [4.69, 9.17) is 0 Å². The van der Waals surface area contributed by atoms with Crippen LogP contribution in [0.5, 0.6) is 0 Å². The van der Waals surface area contributed by atoms with Crippen LogP contribution in [0.4, 0.5) is 0 Å².